The summed E-state index contributed by atoms with van der Waals surface area (Å²) in [6.07, 6.45) is 3.24. The highest BCUT2D eigenvalue weighted by Crippen LogP contribution is 2.47. The van der Waals surface area contributed by atoms with E-state index in [4.69, 9.17) is 11.6 Å². The summed E-state index contributed by atoms with van der Waals surface area (Å²) in [6, 6.07) is 12.0. The molecule has 0 amide bonds. The molecule has 0 unspecified atom stereocenters. The van der Waals surface area contributed by atoms with Crippen LogP contribution in [0.2, 0.25) is 5.02 Å². The maximum absolute atomic E-state index is 9.89. The largest absolute Gasteiger partial charge is 0.506 e. The molecule has 0 bridgehead atoms. The summed E-state index contributed by atoms with van der Waals surface area (Å²) < 4.78 is 0. The Morgan fingerprint density at radius 2 is 1.91 bits per heavy atom. The van der Waals surface area contributed by atoms with Crippen LogP contribution in [0.4, 0.5) is 0 Å². The van der Waals surface area contributed by atoms with Crippen molar-refractivity contribution in [2.75, 3.05) is 20.6 Å². The van der Waals surface area contributed by atoms with E-state index in [-0.39, 0.29) is 5.75 Å². The van der Waals surface area contributed by atoms with Crippen molar-refractivity contribution in [1.82, 2.24) is 4.90 Å². The number of nitrogens with zero attached hydrogens (tertiary/aromatic N) is 1. The van der Waals surface area contributed by atoms with Crippen molar-refractivity contribution >= 4 is 28.9 Å². The first kappa shape index (κ1) is 15.5. The Balaban J connectivity index is 2.09. The lowest BCUT2D eigenvalue weighted by atomic mass is 9.96. The van der Waals surface area contributed by atoms with Crippen LogP contribution in [0.15, 0.2) is 52.3 Å². The molecule has 0 aliphatic carbocycles. The van der Waals surface area contributed by atoms with E-state index in [1.807, 2.05) is 12.1 Å². The molecule has 1 aliphatic heterocycles. The van der Waals surface area contributed by atoms with Gasteiger partial charge >= 0.3 is 0 Å². The Labute approximate surface area is 140 Å². The minimum atomic E-state index is 0.139. The van der Waals surface area contributed by atoms with Gasteiger partial charge in [-0.1, -0.05) is 47.6 Å². The average Bonchev–Trinajstić information content (AvgIpc) is 2.48. The van der Waals surface area contributed by atoms with Crippen LogP contribution in [0.1, 0.15) is 17.5 Å². The van der Waals surface area contributed by atoms with Crippen LogP contribution in [0, 0.1) is 0 Å². The molecule has 2 nitrogen and oxygen atoms in total. The zero-order chi connectivity index (χ0) is 15.7. The number of aromatic hydroxyl groups is 1. The number of hydrogen-bond donors (Lipinski definition) is 1. The van der Waals surface area contributed by atoms with Crippen molar-refractivity contribution in [1.29, 1.82) is 0 Å². The number of halogens is 1. The molecule has 0 saturated heterocycles. The minimum absolute atomic E-state index is 0.139. The Bertz CT molecular complexity index is 740. The molecule has 1 heterocycles. The monoisotopic (exact) mass is 331 g/mol. The predicted octanol–water partition coefficient (Wildman–Crippen LogP) is 4.89. The van der Waals surface area contributed by atoms with Gasteiger partial charge in [0.25, 0.3) is 0 Å². The lowest BCUT2D eigenvalue weighted by Crippen LogP contribution is -2.12. The van der Waals surface area contributed by atoms with Gasteiger partial charge in [0.05, 0.1) is 5.02 Å². The first-order chi connectivity index (χ1) is 10.6. The van der Waals surface area contributed by atoms with Gasteiger partial charge in [-0.2, -0.15) is 0 Å². The van der Waals surface area contributed by atoms with Gasteiger partial charge in [-0.3, -0.25) is 0 Å². The third-order valence-electron chi connectivity index (χ3n) is 3.66. The quantitative estimate of drug-likeness (QED) is 0.739. The van der Waals surface area contributed by atoms with Gasteiger partial charge < -0.3 is 10.0 Å². The van der Waals surface area contributed by atoms with Gasteiger partial charge in [0.2, 0.25) is 0 Å². The first-order valence-electron chi connectivity index (χ1n) is 7.21. The van der Waals surface area contributed by atoms with E-state index < -0.39 is 0 Å². The van der Waals surface area contributed by atoms with Crippen molar-refractivity contribution in [2.24, 2.45) is 0 Å². The fraction of sp³-hybridized carbons (Fsp3) is 0.222. The highest BCUT2D eigenvalue weighted by Gasteiger charge is 2.22. The number of rotatable bonds is 3. The van der Waals surface area contributed by atoms with E-state index in [1.165, 1.54) is 16.0 Å². The summed E-state index contributed by atoms with van der Waals surface area (Å²) in [6.45, 7) is 1.000. The molecule has 1 aliphatic rings. The van der Waals surface area contributed by atoms with Crippen molar-refractivity contribution < 1.29 is 5.11 Å². The molecule has 0 saturated carbocycles. The van der Waals surface area contributed by atoms with Crippen LogP contribution >= 0.6 is 23.4 Å². The number of fused-ring (bicyclic) bond motifs is 2. The summed E-state index contributed by atoms with van der Waals surface area (Å²) in [4.78, 5) is 4.44. The highest BCUT2D eigenvalue weighted by molar-refractivity contribution is 7.99. The third-order valence-corrected chi connectivity index (χ3v) is 5.10. The van der Waals surface area contributed by atoms with Crippen LogP contribution in [0.5, 0.6) is 5.75 Å². The molecule has 1 N–H and O–H groups in total. The molecule has 4 heteroatoms. The normalized spacial score (nSPS) is 15.0. The van der Waals surface area contributed by atoms with Crippen molar-refractivity contribution in [3.8, 4) is 5.75 Å². The fourth-order valence-electron chi connectivity index (χ4n) is 2.57. The van der Waals surface area contributed by atoms with E-state index in [0.717, 1.165) is 23.4 Å². The van der Waals surface area contributed by atoms with E-state index in [0.29, 0.717) is 5.02 Å². The van der Waals surface area contributed by atoms with Gasteiger partial charge in [-0.25, -0.2) is 0 Å². The molecular weight excluding hydrogens is 314 g/mol. The zero-order valence-electron chi connectivity index (χ0n) is 12.6. The van der Waals surface area contributed by atoms with Crippen LogP contribution in [-0.2, 0) is 0 Å². The Morgan fingerprint density at radius 1 is 1.14 bits per heavy atom. The van der Waals surface area contributed by atoms with Crippen LogP contribution < -0.4 is 0 Å². The topological polar surface area (TPSA) is 23.5 Å². The molecule has 3 rings (SSSR count). The van der Waals surface area contributed by atoms with Crippen LogP contribution in [-0.4, -0.2) is 30.6 Å². The SMILES string of the molecule is CN(C)CCC=C1c2ccccc2Sc2cc(O)c(Cl)cc21. The van der Waals surface area contributed by atoms with Gasteiger partial charge in [0.15, 0.2) is 0 Å². The van der Waals surface area contributed by atoms with E-state index in [2.05, 4.69) is 43.3 Å². The van der Waals surface area contributed by atoms with Gasteiger partial charge in [0.1, 0.15) is 5.75 Å². The molecule has 0 aromatic heterocycles. The summed E-state index contributed by atoms with van der Waals surface area (Å²) in [5, 5.41) is 10.3. The molecule has 114 valence electrons. The summed E-state index contributed by atoms with van der Waals surface area (Å²) in [5.74, 6) is 0.139. The summed E-state index contributed by atoms with van der Waals surface area (Å²) in [7, 11) is 4.15. The van der Waals surface area contributed by atoms with E-state index in [1.54, 1.807) is 17.8 Å². The third kappa shape index (κ3) is 3.02. The van der Waals surface area contributed by atoms with Crippen LogP contribution in [0.25, 0.3) is 5.57 Å². The molecule has 0 atom stereocenters. The van der Waals surface area contributed by atoms with Crippen molar-refractivity contribution in [3.63, 3.8) is 0 Å². The number of benzene rings is 2. The standard InChI is InChI=1S/C18H18ClNOS/c1-20(2)9-5-7-12-13-6-3-4-8-17(13)22-18-11-16(21)15(19)10-14(12)18/h3-4,6-8,10-11,21H,5,9H2,1-2H3. The molecule has 2 aromatic rings. The molecule has 0 radical (unpaired) electrons. The highest BCUT2D eigenvalue weighted by atomic mass is 35.5. The first-order valence-corrected chi connectivity index (χ1v) is 8.40. The maximum atomic E-state index is 9.89. The molecular formula is C18H18ClNOS. The Morgan fingerprint density at radius 3 is 2.68 bits per heavy atom. The molecule has 0 spiro atoms. The van der Waals surface area contributed by atoms with Gasteiger partial charge in [0, 0.05) is 16.3 Å². The van der Waals surface area contributed by atoms with Crippen molar-refractivity contribution in [3.05, 3.63) is 58.6 Å². The maximum Gasteiger partial charge on any atom is 0.135 e. The zero-order valence-corrected chi connectivity index (χ0v) is 14.2. The Kier molecular flexibility index (Phi) is 4.48. The number of phenols is 1. The van der Waals surface area contributed by atoms with Crippen LogP contribution in [0.3, 0.4) is 0 Å². The molecule has 2 aromatic carbocycles. The van der Waals surface area contributed by atoms with Gasteiger partial charge in [-0.05, 0) is 55.4 Å². The van der Waals surface area contributed by atoms with E-state index in [9.17, 15) is 5.11 Å². The van der Waals surface area contributed by atoms with E-state index >= 15 is 0 Å². The predicted molar refractivity (Wildman–Crippen MR) is 93.9 cm³/mol. The van der Waals surface area contributed by atoms with Gasteiger partial charge in [-0.15, -0.1) is 0 Å². The Hall–Kier alpha value is -1.42. The number of hydrogen-bond acceptors (Lipinski definition) is 3. The number of phenolic OH excluding ortho intramolecular Hbond substituents is 1. The fourth-order valence-corrected chi connectivity index (χ4v) is 3.85. The lowest BCUT2D eigenvalue weighted by Gasteiger charge is -2.23. The lowest BCUT2D eigenvalue weighted by molar-refractivity contribution is 0.417. The molecule has 0 fully saturated rings. The second kappa shape index (κ2) is 6.37. The summed E-state index contributed by atoms with van der Waals surface area (Å²) >= 11 is 7.81. The summed E-state index contributed by atoms with van der Waals surface area (Å²) in [5.41, 5.74) is 3.54. The minimum Gasteiger partial charge on any atom is -0.506 e. The smallest absolute Gasteiger partial charge is 0.135 e. The van der Waals surface area contributed by atoms with Crippen molar-refractivity contribution in [2.45, 2.75) is 16.2 Å². The average molecular weight is 332 g/mol. The second-order valence-electron chi connectivity index (χ2n) is 5.61. The molecule has 22 heavy (non-hydrogen) atoms. The second-order valence-corrected chi connectivity index (χ2v) is 7.10.